The summed E-state index contributed by atoms with van der Waals surface area (Å²) in [4.78, 5) is 2.28. The zero-order valence-corrected chi connectivity index (χ0v) is 15.9. The van der Waals surface area contributed by atoms with E-state index in [1.807, 2.05) is 28.9 Å². The van der Waals surface area contributed by atoms with Crippen LogP contribution in [0.5, 0.6) is 0 Å². The van der Waals surface area contributed by atoms with E-state index in [2.05, 4.69) is 26.9 Å². The maximum absolute atomic E-state index is 11.7. The molecule has 0 spiro atoms. The lowest BCUT2D eigenvalue weighted by molar-refractivity contribution is 0.0758. The number of nitrogens with one attached hydrogen (secondary N) is 1. The molecule has 1 atom stereocenters. The molecule has 142 valence electrons. The molecule has 0 radical (unpaired) electrons. The topological polar surface area (TPSA) is 76.5 Å². The molecular formula is C18H26N4O3S. The highest BCUT2D eigenvalue weighted by Crippen LogP contribution is 2.19. The van der Waals surface area contributed by atoms with Crippen LogP contribution in [0.3, 0.4) is 0 Å². The summed E-state index contributed by atoms with van der Waals surface area (Å²) < 4.78 is 33.9. The molecule has 1 aliphatic rings. The Labute approximate surface area is 155 Å². The highest BCUT2D eigenvalue weighted by atomic mass is 32.2. The summed E-state index contributed by atoms with van der Waals surface area (Å²) in [7, 11) is -3.21. The fraction of sp³-hybridized carbons (Fsp3) is 0.500. The molecule has 1 aromatic heterocycles. The van der Waals surface area contributed by atoms with Gasteiger partial charge in [-0.05, 0) is 18.6 Å². The summed E-state index contributed by atoms with van der Waals surface area (Å²) in [6.45, 7) is 5.57. The van der Waals surface area contributed by atoms with Crippen LogP contribution < -0.4 is 4.72 Å². The van der Waals surface area contributed by atoms with Crippen LogP contribution in [-0.4, -0.2) is 55.1 Å². The van der Waals surface area contributed by atoms with Gasteiger partial charge in [-0.25, -0.2) is 13.1 Å². The molecule has 8 heteroatoms. The van der Waals surface area contributed by atoms with E-state index in [1.165, 1.54) is 0 Å². The molecule has 0 amide bonds. The van der Waals surface area contributed by atoms with Crippen LogP contribution in [0, 0.1) is 0 Å². The standard InChI is InChI=1S/C18H26N4O3S/c1-2-26(23,24)20-12-18-14-21(13-17-8-9-19-22(17)18)10-11-25-15-16-6-4-3-5-7-16/h3-9,18,20H,2,10-15H2,1H3. The van der Waals surface area contributed by atoms with Gasteiger partial charge in [0.2, 0.25) is 10.0 Å². The molecule has 0 saturated carbocycles. The molecule has 0 bridgehead atoms. The van der Waals surface area contributed by atoms with Gasteiger partial charge in [-0.3, -0.25) is 9.58 Å². The summed E-state index contributed by atoms with van der Waals surface area (Å²) >= 11 is 0. The number of benzene rings is 1. The van der Waals surface area contributed by atoms with E-state index in [9.17, 15) is 8.42 Å². The van der Waals surface area contributed by atoms with Crippen LogP contribution in [0.4, 0.5) is 0 Å². The largest absolute Gasteiger partial charge is 0.375 e. The third-order valence-corrected chi connectivity index (χ3v) is 5.90. The molecule has 0 fully saturated rings. The summed E-state index contributed by atoms with van der Waals surface area (Å²) in [5, 5.41) is 4.36. The fourth-order valence-corrected chi connectivity index (χ4v) is 3.72. The van der Waals surface area contributed by atoms with Crippen molar-refractivity contribution < 1.29 is 13.2 Å². The van der Waals surface area contributed by atoms with Gasteiger partial charge >= 0.3 is 0 Å². The Bertz CT molecular complexity index is 792. The van der Waals surface area contributed by atoms with E-state index in [1.54, 1.807) is 13.1 Å². The average molecular weight is 378 g/mol. The number of rotatable bonds is 9. The Kier molecular flexibility index (Phi) is 6.42. The minimum atomic E-state index is -3.21. The van der Waals surface area contributed by atoms with Crippen molar-refractivity contribution in [2.24, 2.45) is 0 Å². The van der Waals surface area contributed by atoms with Crippen LogP contribution in [0.1, 0.15) is 24.2 Å². The van der Waals surface area contributed by atoms with Gasteiger partial charge in [-0.1, -0.05) is 30.3 Å². The van der Waals surface area contributed by atoms with Crippen molar-refractivity contribution in [1.29, 1.82) is 0 Å². The number of ether oxygens (including phenoxy) is 1. The van der Waals surface area contributed by atoms with Gasteiger partial charge in [0.25, 0.3) is 0 Å². The highest BCUT2D eigenvalue weighted by molar-refractivity contribution is 7.89. The summed E-state index contributed by atoms with van der Waals surface area (Å²) in [6.07, 6.45) is 1.77. The highest BCUT2D eigenvalue weighted by Gasteiger charge is 2.26. The zero-order chi connectivity index (χ0) is 18.4. The lowest BCUT2D eigenvalue weighted by atomic mass is 10.2. The number of hydrogen-bond donors (Lipinski definition) is 1. The van der Waals surface area contributed by atoms with E-state index in [4.69, 9.17) is 4.74 Å². The molecule has 0 saturated heterocycles. The number of hydrogen-bond acceptors (Lipinski definition) is 5. The molecular weight excluding hydrogens is 352 g/mol. The molecule has 2 heterocycles. The fourth-order valence-electron chi connectivity index (χ4n) is 3.07. The van der Waals surface area contributed by atoms with Crippen molar-refractivity contribution in [2.75, 3.05) is 32.0 Å². The Morgan fingerprint density at radius 1 is 1.27 bits per heavy atom. The van der Waals surface area contributed by atoms with Crippen molar-refractivity contribution >= 4 is 10.0 Å². The van der Waals surface area contributed by atoms with Gasteiger partial charge in [-0.15, -0.1) is 0 Å². The Morgan fingerprint density at radius 3 is 2.85 bits per heavy atom. The quantitative estimate of drug-likeness (QED) is 0.668. The van der Waals surface area contributed by atoms with Crippen LogP contribution in [0.2, 0.25) is 0 Å². The molecule has 2 aromatic rings. The molecule has 1 unspecified atom stereocenters. The van der Waals surface area contributed by atoms with Gasteiger partial charge in [0, 0.05) is 32.4 Å². The summed E-state index contributed by atoms with van der Waals surface area (Å²) in [5.74, 6) is 0.0860. The second-order valence-electron chi connectivity index (χ2n) is 6.45. The predicted octanol–water partition coefficient (Wildman–Crippen LogP) is 1.40. The van der Waals surface area contributed by atoms with Crippen LogP contribution in [0.25, 0.3) is 0 Å². The van der Waals surface area contributed by atoms with Gasteiger partial charge in [-0.2, -0.15) is 5.10 Å². The maximum atomic E-state index is 11.7. The first-order valence-corrected chi connectivity index (χ1v) is 10.6. The lowest BCUT2D eigenvalue weighted by Crippen LogP contribution is -2.44. The normalized spacial score (nSPS) is 18.0. The first-order valence-electron chi connectivity index (χ1n) is 8.91. The predicted molar refractivity (Wildman–Crippen MR) is 100 cm³/mol. The van der Waals surface area contributed by atoms with E-state index in [0.29, 0.717) is 19.8 Å². The second-order valence-corrected chi connectivity index (χ2v) is 8.54. The minimum absolute atomic E-state index is 0.0100. The zero-order valence-electron chi connectivity index (χ0n) is 15.0. The third-order valence-electron chi connectivity index (χ3n) is 4.54. The smallest absolute Gasteiger partial charge is 0.211 e. The van der Waals surface area contributed by atoms with Gasteiger partial charge in [0.1, 0.15) is 0 Å². The molecule has 1 aliphatic heterocycles. The maximum Gasteiger partial charge on any atom is 0.211 e. The molecule has 7 nitrogen and oxygen atoms in total. The first-order chi connectivity index (χ1) is 12.6. The van der Waals surface area contributed by atoms with Crippen LogP contribution >= 0.6 is 0 Å². The summed E-state index contributed by atoms with van der Waals surface area (Å²) in [6, 6.07) is 12.1. The van der Waals surface area contributed by atoms with Crippen LogP contribution in [-0.2, 0) is 27.9 Å². The van der Waals surface area contributed by atoms with E-state index in [0.717, 1.165) is 30.9 Å². The van der Waals surface area contributed by atoms with E-state index >= 15 is 0 Å². The number of aromatic nitrogens is 2. The third kappa shape index (κ3) is 5.14. The number of fused-ring (bicyclic) bond motifs is 1. The monoisotopic (exact) mass is 378 g/mol. The number of nitrogens with zero attached hydrogens (tertiary/aromatic N) is 3. The SMILES string of the molecule is CCS(=O)(=O)NCC1CN(CCOCc2ccccc2)Cc2ccnn21. The summed E-state index contributed by atoms with van der Waals surface area (Å²) in [5.41, 5.74) is 2.26. The molecule has 3 rings (SSSR count). The number of sulfonamides is 1. The Hall–Kier alpha value is -1.74. The molecule has 1 aromatic carbocycles. The molecule has 26 heavy (non-hydrogen) atoms. The van der Waals surface area contributed by atoms with Crippen LogP contribution in [0.15, 0.2) is 42.6 Å². The van der Waals surface area contributed by atoms with Gasteiger partial charge < -0.3 is 4.74 Å². The van der Waals surface area contributed by atoms with E-state index in [-0.39, 0.29) is 11.8 Å². The van der Waals surface area contributed by atoms with E-state index < -0.39 is 10.0 Å². The Balaban J connectivity index is 1.51. The second kappa shape index (κ2) is 8.77. The lowest BCUT2D eigenvalue weighted by Gasteiger charge is -2.33. The Morgan fingerprint density at radius 2 is 2.08 bits per heavy atom. The van der Waals surface area contributed by atoms with Gasteiger partial charge in [0.05, 0.1) is 30.7 Å². The van der Waals surface area contributed by atoms with Crippen molar-refractivity contribution in [2.45, 2.75) is 26.1 Å². The average Bonchev–Trinajstić information content (AvgIpc) is 3.13. The van der Waals surface area contributed by atoms with Crippen molar-refractivity contribution in [3.05, 3.63) is 53.9 Å². The first kappa shape index (κ1) is 19.0. The molecule has 1 N–H and O–H groups in total. The van der Waals surface area contributed by atoms with Crippen molar-refractivity contribution in [3.63, 3.8) is 0 Å². The van der Waals surface area contributed by atoms with Gasteiger partial charge in [0.15, 0.2) is 0 Å². The van der Waals surface area contributed by atoms with Crippen molar-refractivity contribution in [1.82, 2.24) is 19.4 Å². The van der Waals surface area contributed by atoms with Crippen molar-refractivity contribution in [3.8, 4) is 0 Å². The molecule has 0 aliphatic carbocycles. The minimum Gasteiger partial charge on any atom is -0.375 e.